The largest absolute Gasteiger partial charge is 0.472 e. The molecule has 326 valence electrons. The SMILES string of the molecule is CC/C=C\C/C=C\C/C=C\C/C=C\C/C=C\C/C=C\CCC(=O)OC(COC(=O)CC/C=C\CCCCCCCCCCCCCCC)COP(=O)(O)OCCN. The minimum Gasteiger partial charge on any atom is -0.462 e. The molecule has 0 spiro atoms. The van der Waals surface area contributed by atoms with Crippen molar-refractivity contribution >= 4 is 19.8 Å². The van der Waals surface area contributed by atoms with Crippen LogP contribution in [0.15, 0.2) is 85.1 Å². The van der Waals surface area contributed by atoms with Gasteiger partial charge in [0.25, 0.3) is 0 Å². The predicted octanol–water partition coefficient (Wildman–Crippen LogP) is 12.8. The molecule has 57 heavy (non-hydrogen) atoms. The summed E-state index contributed by atoms with van der Waals surface area (Å²) in [5, 5.41) is 0. The molecule has 0 saturated heterocycles. The van der Waals surface area contributed by atoms with E-state index in [-0.39, 0.29) is 32.6 Å². The molecule has 0 radical (unpaired) electrons. The van der Waals surface area contributed by atoms with E-state index in [1.54, 1.807) is 0 Å². The summed E-state index contributed by atoms with van der Waals surface area (Å²) in [6, 6.07) is 0. The average Bonchev–Trinajstić information content (AvgIpc) is 3.20. The van der Waals surface area contributed by atoms with Gasteiger partial charge in [0.1, 0.15) is 6.61 Å². The molecule has 10 heteroatoms. The lowest BCUT2D eigenvalue weighted by Crippen LogP contribution is -2.29. The Hall–Kier alpha value is -2.81. The lowest BCUT2D eigenvalue weighted by atomic mass is 10.0. The van der Waals surface area contributed by atoms with Gasteiger partial charge in [-0.1, -0.05) is 176 Å². The van der Waals surface area contributed by atoms with Gasteiger partial charge < -0.3 is 20.1 Å². The van der Waals surface area contributed by atoms with Gasteiger partial charge in [0.2, 0.25) is 0 Å². The number of carbonyl (C=O) groups is 2. The van der Waals surface area contributed by atoms with E-state index in [2.05, 4.69) is 80.7 Å². The fourth-order valence-electron chi connectivity index (χ4n) is 5.56. The molecule has 0 aliphatic rings. The van der Waals surface area contributed by atoms with Gasteiger partial charge in [0, 0.05) is 19.4 Å². The third-order valence-electron chi connectivity index (χ3n) is 8.79. The van der Waals surface area contributed by atoms with E-state index in [1.165, 1.54) is 77.0 Å². The highest BCUT2D eigenvalue weighted by Gasteiger charge is 2.25. The predicted molar refractivity (Wildman–Crippen MR) is 238 cm³/mol. The van der Waals surface area contributed by atoms with Gasteiger partial charge in [-0.3, -0.25) is 18.6 Å². The zero-order valence-electron chi connectivity index (χ0n) is 35.8. The van der Waals surface area contributed by atoms with Crippen molar-refractivity contribution in [2.75, 3.05) is 26.4 Å². The van der Waals surface area contributed by atoms with Crippen molar-refractivity contribution in [1.82, 2.24) is 0 Å². The summed E-state index contributed by atoms with van der Waals surface area (Å²) in [4.78, 5) is 34.8. The van der Waals surface area contributed by atoms with E-state index < -0.39 is 32.5 Å². The molecule has 0 heterocycles. The van der Waals surface area contributed by atoms with E-state index in [0.717, 1.165) is 51.4 Å². The van der Waals surface area contributed by atoms with Gasteiger partial charge in [-0.25, -0.2) is 4.57 Å². The van der Waals surface area contributed by atoms with Crippen molar-refractivity contribution in [2.45, 2.75) is 174 Å². The number of phosphoric ester groups is 1. The van der Waals surface area contributed by atoms with Crippen LogP contribution in [-0.4, -0.2) is 49.3 Å². The first kappa shape index (κ1) is 54.2. The number of hydrogen-bond donors (Lipinski definition) is 2. The highest BCUT2D eigenvalue weighted by atomic mass is 31.2. The summed E-state index contributed by atoms with van der Waals surface area (Å²) < 4.78 is 32.6. The van der Waals surface area contributed by atoms with Crippen LogP contribution >= 0.6 is 7.82 Å². The monoisotopic (exact) mass is 818 g/mol. The van der Waals surface area contributed by atoms with Gasteiger partial charge in [0.05, 0.1) is 13.2 Å². The summed E-state index contributed by atoms with van der Waals surface area (Å²) in [6.45, 7) is 3.48. The maximum absolute atomic E-state index is 12.6. The van der Waals surface area contributed by atoms with E-state index >= 15 is 0 Å². The van der Waals surface area contributed by atoms with Crippen LogP contribution in [0.3, 0.4) is 0 Å². The molecule has 0 aromatic carbocycles. The molecule has 0 saturated carbocycles. The first-order chi connectivity index (χ1) is 27.8. The first-order valence-corrected chi connectivity index (χ1v) is 23.6. The second-order valence-corrected chi connectivity index (χ2v) is 15.6. The number of rotatable bonds is 40. The van der Waals surface area contributed by atoms with Crippen molar-refractivity contribution in [2.24, 2.45) is 5.73 Å². The van der Waals surface area contributed by atoms with E-state index in [0.29, 0.717) is 12.8 Å². The number of phosphoric acid groups is 1. The maximum Gasteiger partial charge on any atom is 0.472 e. The normalized spacial score (nSPS) is 14.1. The van der Waals surface area contributed by atoms with Crippen LogP contribution in [0.2, 0.25) is 0 Å². The third-order valence-corrected chi connectivity index (χ3v) is 9.78. The molecular weight excluding hydrogens is 737 g/mol. The number of hydrogen-bond acceptors (Lipinski definition) is 8. The summed E-state index contributed by atoms with van der Waals surface area (Å²) in [6.07, 6.45) is 53.6. The number of nitrogens with two attached hydrogens (primary N) is 1. The van der Waals surface area contributed by atoms with E-state index in [4.69, 9.17) is 24.3 Å². The molecule has 0 bridgehead atoms. The molecule has 0 fully saturated rings. The Kier molecular flexibility index (Phi) is 40.7. The summed E-state index contributed by atoms with van der Waals surface area (Å²) in [7, 11) is -4.41. The Morgan fingerprint density at radius 3 is 1.46 bits per heavy atom. The molecule has 2 unspecified atom stereocenters. The van der Waals surface area contributed by atoms with Crippen LogP contribution in [0, 0.1) is 0 Å². The Morgan fingerprint density at radius 2 is 0.965 bits per heavy atom. The van der Waals surface area contributed by atoms with Gasteiger partial charge in [-0.15, -0.1) is 0 Å². The Balaban J connectivity index is 4.32. The fourth-order valence-corrected chi connectivity index (χ4v) is 6.32. The zero-order chi connectivity index (χ0) is 41.8. The maximum atomic E-state index is 12.6. The number of unbranched alkanes of at least 4 members (excludes halogenated alkanes) is 13. The Morgan fingerprint density at radius 1 is 0.544 bits per heavy atom. The first-order valence-electron chi connectivity index (χ1n) is 22.1. The van der Waals surface area contributed by atoms with Crippen molar-refractivity contribution in [3.05, 3.63) is 85.1 Å². The molecule has 3 N–H and O–H groups in total. The van der Waals surface area contributed by atoms with Crippen molar-refractivity contribution in [1.29, 1.82) is 0 Å². The molecule has 0 aromatic heterocycles. The topological polar surface area (TPSA) is 134 Å². The van der Waals surface area contributed by atoms with E-state index in [9.17, 15) is 19.0 Å². The second-order valence-electron chi connectivity index (χ2n) is 14.2. The zero-order valence-corrected chi connectivity index (χ0v) is 36.7. The number of carbonyl (C=O) groups excluding carboxylic acids is 2. The van der Waals surface area contributed by atoms with Gasteiger partial charge in [-0.2, -0.15) is 0 Å². The number of ether oxygens (including phenoxy) is 2. The minimum atomic E-state index is -4.41. The second kappa shape index (κ2) is 42.8. The van der Waals surface area contributed by atoms with Crippen molar-refractivity contribution in [3.8, 4) is 0 Å². The fraction of sp³-hybridized carbons (Fsp3) is 0.660. The molecule has 0 aliphatic heterocycles. The molecule has 2 atom stereocenters. The quantitative estimate of drug-likeness (QED) is 0.0268. The molecule has 9 nitrogen and oxygen atoms in total. The van der Waals surface area contributed by atoms with Crippen LogP contribution in [0.1, 0.15) is 168 Å². The van der Waals surface area contributed by atoms with Crippen LogP contribution in [0.4, 0.5) is 0 Å². The van der Waals surface area contributed by atoms with Crippen molar-refractivity contribution in [3.63, 3.8) is 0 Å². The molecular formula is C47H80NO8P. The van der Waals surface area contributed by atoms with Crippen LogP contribution in [0.25, 0.3) is 0 Å². The van der Waals surface area contributed by atoms with Crippen LogP contribution < -0.4 is 5.73 Å². The average molecular weight is 818 g/mol. The van der Waals surface area contributed by atoms with Gasteiger partial charge in [-0.05, 0) is 64.2 Å². The summed E-state index contributed by atoms with van der Waals surface area (Å²) in [5.74, 6) is -0.989. The summed E-state index contributed by atoms with van der Waals surface area (Å²) in [5.41, 5.74) is 5.34. The molecule has 0 aromatic rings. The molecule has 0 rings (SSSR count). The standard InChI is InChI=1S/C47H80NO8P/c1-3-5-7-9-11-13-15-17-19-21-22-24-26-28-30-32-34-36-38-40-47(50)56-45(44-55-57(51,52)54-42-41-48)43-53-46(49)39-37-35-33-31-29-27-25-23-20-18-16-14-12-10-8-6-4-2/h5,7,11,13,17,19,22,24,28,30,33-36,45H,3-4,6,8-10,12,14-16,18,20-21,23,25-27,29,31-32,37-44,48H2,1-2H3,(H,51,52)/b7-5-,13-11-,19-17-,24-22-,30-28-,35-33-,36-34-. The van der Waals surface area contributed by atoms with Crippen LogP contribution in [-0.2, 0) is 32.7 Å². The van der Waals surface area contributed by atoms with Gasteiger partial charge >= 0.3 is 19.8 Å². The number of esters is 2. The van der Waals surface area contributed by atoms with Gasteiger partial charge in [0.15, 0.2) is 6.10 Å². The van der Waals surface area contributed by atoms with E-state index in [1.807, 2.05) is 18.2 Å². The Labute approximate surface area is 347 Å². The van der Waals surface area contributed by atoms with Crippen molar-refractivity contribution < 1.29 is 37.6 Å². The third kappa shape index (κ3) is 42.6. The highest BCUT2D eigenvalue weighted by molar-refractivity contribution is 7.47. The lowest BCUT2D eigenvalue weighted by molar-refractivity contribution is -0.161. The minimum absolute atomic E-state index is 0.0341. The van der Waals surface area contributed by atoms with Crippen LogP contribution in [0.5, 0.6) is 0 Å². The lowest BCUT2D eigenvalue weighted by Gasteiger charge is -2.19. The number of allylic oxidation sites excluding steroid dienone is 14. The Bertz CT molecular complexity index is 1210. The summed E-state index contributed by atoms with van der Waals surface area (Å²) >= 11 is 0. The molecule has 0 amide bonds. The molecule has 0 aliphatic carbocycles. The smallest absolute Gasteiger partial charge is 0.462 e. The highest BCUT2D eigenvalue weighted by Crippen LogP contribution is 2.43.